The van der Waals surface area contributed by atoms with Gasteiger partial charge in [-0.2, -0.15) is 0 Å². The van der Waals surface area contributed by atoms with E-state index in [4.69, 9.17) is 4.74 Å². The molecule has 1 amide bonds. The molecule has 1 fully saturated rings. The molecule has 0 aromatic heterocycles. The second kappa shape index (κ2) is 4.78. The minimum Gasteiger partial charge on any atom is -0.452 e. The van der Waals surface area contributed by atoms with Gasteiger partial charge in [0.25, 0.3) is 0 Å². The molecular weight excluding hydrogens is 254 g/mol. The number of hydrogen-bond acceptors (Lipinski definition) is 3. The van der Waals surface area contributed by atoms with Crippen molar-refractivity contribution in [3.63, 3.8) is 0 Å². The first-order valence-electron chi connectivity index (χ1n) is 6.83. The van der Waals surface area contributed by atoms with Gasteiger partial charge >= 0.3 is 6.09 Å². The molecule has 0 N–H and O–H groups in total. The summed E-state index contributed by atoms with van der Waals surface area (Å²) in [5.41, 5.74) is 1.75. The molecule has 0 spiro atoms. The van der Waals surface area contributed by atoms with Crippen LogP contribution in [0.5, 0.6) is 0 Å². The summed E-state index contributed by atoms with van der Waals surface area (Å²) in [6.45, 7) is 0.598. The van der Waals surface area contributed by atoms with E-state index in [-0.39, 0.29) is 17.3 Å². The van der Waals surface area contributed by atoms with Gasteiger partial charge in [-0.05, 0) is 18.4 Å². The first-order valence-corrected chi connectivity index (χ1v) is 6.83. The van der Waals surface area contributed by atoms with Gasteiger partial charge in [0.2, 0.25) is 0 Å². The number of carbonyl (C=O) groups is 2. The van der Waals surface area contributed by atoms with Crippen LogP contribution in [-0.2, 0) is 14.9 Å². The molecule has 1 aromatic rings. The van der Waals surface area contributed by atoms with Crippen molar-refractivity contribution in [2.24, 2.45) is 0 Å². The van der Waals surface area contributed by atoms with Crippen molar-refractivity contribution in [2.45, 2.75) is 24.7 Å². The summed E-state index contributed by atoms with van der Waals surface area (Å²) in [5, 5.41) is 0. The highest BCUT2D eigenvalue weighted by Gasteiger charge is 2.48. The van der Waals surface area contributed by atoms with Crippen LogP contribution in [-0.4, -0.2) is 30.4 Å². The first-order chi connectivity index (χ1) is 9.67. The number of amides is 1. The third-order valence-electron chi connectivity index (χ3n) is 4.36. The molecule has 4 heteroatoms. The summed E-state index contributed by atoms with van der Waals surface area (Å²) in [6.07, 6.45) is 3.37. The Morgan fingerprint density at radius 1 is 1.25 bits per heavy atom. The largest absolute Gasteiger partial charge is 0.452 e. The third kappa shape index (κ3) is 1.83. The molecule has 1 aromatic carbocycles. The molecule has 3 rings (SSSR count). The monoisotopic (exact) mass is 271 g/mol. The quantitative estimate of drug-likeness (QED) is 0.789. The summed E-state index contributed by atoms with van der Waals surface area (Å²) in [6, 6.07) is 10.1. The number of likely N-dealkylation sites (tertiary alicyclic amines) is 1. The number of ketones is 1. The highest BCUT2D eigenvalue weighted by Crippen LogP contribution is 2.48. The van der Waals surface area contributed by atoms with Crippen molar-refractivity contribution in [2.75, 3.05) is 13.7 Å². The summed E-state index contributed by atoms with van der Waals surface area (Å²) in [7, 11) is 1.37. The van der Waals surface area contributed by atoms with E-state index in [1.807, 2.05) is 18.2 Å². The number of nitrogens with zero attached hydrogens (tertiary/aromatic N) is 1. The number of fused-ring (bicyclic) bond motifs is 1. The van der Waals surface area contributed by atoms with E-state index in [1.165, 1.54) is 12.7 Å². The predicted octanol–water partition coefficient (Wildman–Crippen LogP) is 2.64. The van der Waals surface area contributed by atoms with Gasteiger partial charge in [0.15, 0.2) is 5.78 Å². The molecule has 0 radical (unpaired) electrons. The minimum absolute atomic E-state index is 0.0855. The van der Waals surface area contributed by atoms with Crippen molar-refractivity contribution >= 4 is 11.9 Å². The van der Waals surface area contributed by atoms with Gasteiger partial charge in [0.1, 0.15) is 0 Å². The van der Waals surface area contributed by atoms with Crippen molar-refractivity contribution in [1.82, 2.24) is 4.90 Å². The number of benzene rings is 1. The highest BCUT2D eigenvalue weighted by molar-refractivity contribution is 5.93. The summed E-state index contributed by atoms with van der Waals surface area (Å²) in [4.78, 5) is 25.3. The molecule has 1 saturated heterocycles. The normalized spacial score (nSPS) is 25.1. The Morgan fingerprint density at radius 3 is 2.70 bits per heavy atom. The van der Waals surface area contributed by atoms with E-state index in [9.17, 15) is 9.59 Å². The number of ether oxygens (including phenoxy) is 1. The van der Waals surface area contributed by atoms with Crippen LogP contribution in [0, 0.1) is 0 Å². The van der Waals surface area contributed by atoms with E-state index in [0.717, 1.165) is 18.5 Å². The van der Waals surface area contributed by atoms with Crippen LogP contribution in [0.25, 0.3) is 0 Å². The number of rotatable bonds is 1. The zero-order chi connectivity index (χ0) is 14.2. The van der Waals surface area contributed by atoms with E-state index in [0.29, 0.717) is 13.0 Å². The van der Waals surface area contributed by atoms with Crippen molar-refractivity contribution in [1.29, 1.82) is 0 Å². The van der Waals surface area contributed by atoms with E-state index in [1.54, 1.807) is 11.0 Å². The Morgan fingerprint density at radius 2 is 2.00 bits per heavy atom. The third-order valence-corrected chi connectivity index (χ3v) is 4.36. The van der Waals surface area contributed by atoms with Crippen LogP contribution in [0.2, 0.25) is 0 Å². The van der Waals surface area contributed by atoms with Gasteiger partial charge < -0.3 is 4.74 Å². The Hall–Kier alpha value is -2.10. The predicted molar refractivity (Wildman–Crippen MR) is 74.2 cm³/mol. The van der Waals surface area contributed by atoms with Crippen LogP contribution in [0.3, 0.4) is 0 Å². The Bertz CT molecular complexity index is 579. The van der Waals surface area contributed by atoms with E-state index < -0.39 is 0 Å². The van der Waals surface area contributed by atoms with Gasteiger partial charge in [-0.3, -0.25) is 9.69 Å². The SMILES string of the molecule is COC(=O)N1CC[C@@]2(c3ccccc3)CCC(=O)C=C12. The fourth-order valence-electron chi connectivity index (χ4n) is 3.33. The standard InChI is InChI=1S/C16H17NO3/c1-20-15(19)17-10-9-16(12-5-3-2-4-6-12)8-7-13(18)11-14(16)17/h2-6,11H,7-10H2,1H3/t16-/m1/s1. The maximum Gasteiger partial charge on any atom is 0.413 e. The first kappa shape index (κ1) is 12.9. The molecular formula is C16H17NO3. The van der Waals surface area contributed by atoms with Gasteiger partial charge in [-0.15, -0.1) is 0 Å². The molecule has 20 heavy (non-hydrogen) atoms. The molecule has 1 aliphatic heterocycles. The van der Waals surface area contributed by atoms with Crippen LogP contribution in [0.4, 0.5) is 4.79 Å². The topological polar surface area (TPSA) is 46.6 Å². The number of methoxy groups -OCH3 is 1. The number of carbonyl (C=O) groups excluding carboxylic acids is 2. The lowest BCUT2D eigenvalue weighted by atomic mass is 9.70. The summed E-state index contributed by atoms with van der Waals surface area (Å²) < 4.78 is 4.83. The Balaban J connectivity index is 2.09. The zero-order valence-corrected chi connectivity index (χ0v) is 11.5. The van der Waals surface area contributed by atoms with Crippen LogP contribution >= 0.6 is 0 Å². The number of allylic oxidation sites excluding steroid dienone is 2. The molecule has 104 valence electrons. The second-order valence-corrected chi connectivity index (χ2v) is 5.32. The van der Waals surface area contributed by atoms with Crippen molar-refractivity contribution in [3.8, 4) is 0 Å². The van der Waals surface area contributed by atoms with Crippen LogP contribution in [0.15, 0.2) is 42.1 Å². The minimum atomic E-state index is -0.385. The van der Waals surface area contributed by atoms with Crippen molar-refractivity contribution < 1.29 is 14.3 Å². The molecule has 0 unspecified atom stereocenters. The van der Waals surface area contributed by atoms with E-state index in [2.05, 4.69) is 12.1 Å². The lowest BCUT2D eigenvalue weighted by molar-refractivity contribution is -0.115. The average molecular weight is 271 g/mol. The van der Waals surface area contributed by atoms with Gasteiger partial charge in [0.05, 0.1) is 7.11 Å². The highest BCUT2D eigenvalue weighted by atomic mass is 16.5. The fourth-order valence-corrected chi connectivity index (χ4v) is 3.33. The smallest absolute Gasteiger partial charge is 0.413 e. The Labute approximate surface area is 118 Å². The summed E-state index contributed by atoms with van der Waals surface area (Å²) >= 11 is 0. The molecule has 0 saturated carbocycles. The van der Waals surface area contributed by atoms with Crippen LogP contribution in [0.1, 0.15) is 24.8 Å². The molecule has 4 nitrogen and oxygen atoms in total. The molecule has 1 heterocycles. The van der Waals surface area contributed by atoms with Gasteiger partial charge in [0, 0.05) is 30.2 Å². The molecule has 1 aliphatic carbocycles. The molecule has 0 bridgehead atoms. The van der Waals surface area contributed by atoms with Crippen molar-refractivity contribution in [3.05, 3.63) is 47.7 Å². The summed E-state index contributed by atoms with van der Waals surface area (Å²) in [5.74, 6) is 0.0855. The Kier molecular flexibility index (Phi) is 3.08. The molecule has 1 atom stereocenters. The second-order valence-electron chi connectivity index (χ2n) is 5.32. The van der Waals surface area contributed by atoms with E-state index >= 15 is 0 Å². The maximum absolute atomic E-state index is 11.9. The van der Waals surface area contributed by atoms with Crippen LogP contribution < -0.4 is 0 Å². The zero-order valence-electron chi connectivity index (χ0n) is 11.5. The van der Waals surface area contributed by atoms with Gasteiger partial charge in [-0.25, -0.2) is 4.79 Å². The number of hydrogen-bond donors (Lipinski definition) is 0. The molecule has 2 aliphatic rings. The fraction of sp³-hybridized carbons (Fsp3) is 0.375. The lowest BCUT2D eigenvalue weighted by Gasteiger charge is -2.35. The lowest BCUT2D eigenvalue weighted by Crippen LogP contribution is -2.35. The maximum atomic E-state index is 11.9. The average Bonchev–Trinajstić information content (AvgIpc) is 2.87. The van der Waals surface area contributed by atoms with Gasteiger partial charge in [-0.1, -0.05) is 30.3 Å².